The summed E-state index contributed by atoms with van der Waals surface area (Å²) in [6.07, 6.45) is 5.71. The second kappa shape index (κ2) is 5.50. The van der Waals surface area contributed by atoms with Gasteiger partial charge in [-0.25, -0.2) is 0 Å². The van der Waals surface area contributed by atoms with Gasteiger partial charge in [-0.05, 0) is 38.8 Å². The van der Waals surface area contributed by atoms with Crippen molar-refractivity contribution < 1.29 is 4.79 Å². The van der Waals surface area contributed by atoms with E-state index in [9.17, 15) is 4.79 Å². The fourth-order valence-corrected chi connectivity index (χ4v) is 1.64. The third-order valence-corrected chi connectivity index (χ3v) is 2.74. The van der Waals surface area contributed by atoms with Crippen LogP contribution in [0.1, 0.15) is 43.6 Å². The highest BCUT2D eigenvalue weighted by Gasteiger charge is 2.15. The van der Waals surface area contributed by atoms with Crippen LogP contribution in [0.25, 0.3) is 0 Å². The molecule has 0 unspecified atom stereocenters. The van der Waals surface area contributed by atoms with Crippen LogP contribution < -0.4 is 0 Å². The van der Waals surface area contributed by atoms with Gasteiger partial charge in [0.15, 0.2) is 6.29 Å². The number of nitrogens with zero attached hydrogens (tertiary/aromatic N) is 2. The first kappa shape index (κ1) is 12.5. The summed E-state index contributed by atoms with van der Waals surface area (Å²) in [4.78, 5) is 10.7. The van der Waals surface area contributed by atoms with Crippen LogP contribution in [0.3, 0.4) is 0 Å². The average Bonchev–Trinajstić information content (AvgIpc) is 2.72. The van der Waals surface area contributed by atoms with Gasteiger partial charge in [-0.2, -0.15) is 5.26 Å². The van der Waals surface area contributed by atoms with E-state index in [0.717, 1.165) is 37.8 Å². The molecule has 0 amide bonds. The molecule has 86 valence electrons. The van der Waals surface area contributed by atoms with Crippen LogP contribution >= 0.6 is 0 Å². The van der Waals surface area contributed by atoms with E-state index in [0.29, 0.717) is 0 Å². The molecule has 0 aromatic carbocycles. The molecule has 0 aliphatic carbocycles. The summed E-state index contributed by atoms with van der Waals surface area (Å²) >= 11 is 0. The summed E-state index contributed by atoms with van der Waals surface area (Å²) in [5.41, 5.74) is 0.490. The minimum atomic E-state index is -0.232. The summed E-state index contributed by atoms with van der Waals surface area (Å²) in [5, 5.41) is 8.86. The molecule has 1 rings (SSSR count). The number of carbonyl (C=O) groups is 1. The van der Waals surface area contributed by atoms with Crippen molar-refractivity contribution in [2.24, 2.45) is 5.41 Å². The topological polar surface area (TPSA) is 45.8 Å². The molecule has 0 N–H and O–H groups in total. The van der Waals surface area contributed by atoms with Crippen molar-refractivity contribution in [3.8, 4) is 6.07 Å². The first-order chi connectivity index (χ1) is 7.59. The molecule has 0 radical (unpaired) electrons. The van der Waals surface area contributed by atoms with E-state index < -0.39 is 0 Å². The Morgan fingerprint density at radius 3 is 2.88 bits per heavy atom. The highest BCUT2D eigenvalue weighted by atomic mass is 16.1. The maximum atomic E-state index is 10.7. The van der Waals surface area contributed by atoms with Crippen molar-refractivity contribution in [3.05, 3.63) is 24.0 Å². The normalized spacial score (nSPS) is 11.1. The summed E-state index contributed by atoms with van der Waals surface area (Å²) < 4.78 is 1.95. The molecule has 1 aromatic rings. The molecule has 1 aromatic heterocycles. The molecule has 0 saturated carbocycles. The van der Waals surface area contributed by atoms with E-state index in [1.807, 2.05) is 36.7 Å². The Kier molecular flexibility index (Phi) is 4.30. The van der Waals surface area contributed by atoms with Gasteiger partial charge < -0.3 is 4.57 Å². The van der Waals surface area contributed by atoms with E-state index in [1.165, 1.54) is 0 Å². The standard InChI is InChI=1S/C13H18N2O/c1-13(2,11-14)7-3-4-8-15-9-5-6-12(15)10-16/h5-6,9-10H,3-4,7-8H2,1-2H3. The lowest BCUT2D eigenvalue weighted by atomic mass is 9.89. The first-order valence-corrected chi connectivity index (χ1v) is 5.60. The van der Waals surface area contributed by atoms with Gasteiger partial charge in [0.1, 0.15) is 0 Å². The van der Waals surface area contributed by atoms with Crippen LogP contribution in [0.5, 0.6) is 0 Å². The zero-order valence-corrected chi connectivity index (χ0v) is 9.94. The molecule has 0 fully saturated rings. The number of hydrogen-bond acceptors (Lipinski definition) is 2. The number of nitriles is 1. The van der Waals surface area contributed by atoms with E-state index in [2.05, 4.69) is 6.07 Å². The highest BCUT2D eigenvalue weighted by Crippen LogP contribution is 2.21. The maximum Gasteiger partial charge on any atom is 0.166 e. The lowest BCUT2D eigenvalue weighted by Gasteiger charge is -2.14. The third-order valence-electron chi connectivity index (χ3n) is 2.74. The molecule has 0 saturated heterocycles. The lowest BCUT2D eigenvalue weighted by molar-refractivity contribution is 0.111. The molecule has 0 aliphatic rings. The monoisotopic (exact) mass is 218 g/mol. The Morgan fingerprint density at radius 1 is 1.50 bits per heavy atom. The summed E-state index contributed by atoms with van der Waals surface area (Å²) in [7, 11) is 0. The van der Waals surface area contributed by atoms with Crippen LogP contribution in [0, 0.1) is 16.7 Å². The summed E-state index contributed by atoms with van der Waals surface area (Å²) in [6.45, 7) is 4.77. The van der Waals surface area contributed by atoms with Crippen molar-refractivity contribution in [1.29, 1.82) is 5.26 Å². The van der Waals surface area contributed by atoms with Gasteiger partial charge in [0.25, 0.3) is 0 Å². The molecule has 16 heavy (non-hydrogen) atoms. The van der Waals surface area contributed by atoms with Crippen LogP contribution in [0.4, 0.5) is 0 Å². The van der Waals surface area contributed by atoms with Crippen molar-refractivity contribution in [1.82, 2.24) is 4.57 Å². The third kappa shape index (κ3) is 3.54. The van der Waals surface area contributed by atoms with Gasteiger partial charge in [0, 0.05) is 12.7 Å². The molecule has 0 aliphatic heterocycles. The second-order valence-electron chi connectivity index (χ2n) is 4.70. The van der Waals surface area contributed by atoms with Gasteiger partial charge in [-0.3, -0.25) is 4.79 Å². The van der Waals surface area contributed by atoms with Crippen LogP contribution in [0.15, 0.2) is 18.3 Å². The van der Waals surface area contributed by atoms with E-state index in [-0.39, 0.29) is 5.41 Å². The Hall–Kier alpha value is -1.56. The SMILES string of the molecule is CC(C)(C#N)CCCCn1cccc1C=O. The zero-order valence-electron chi connectivity index (χ0n) is 9.94. The first-order valence-electron chi connectivity index (χ1n) is 5.60. The Morgan fingerprint density at radius 2 is 2.25 bits per heavy atom. The van der Waals surface area contributed by atoms with Gasteiger partial charge in [-0.15, -0.1) is 0 Å². The fourth-order valence-electron chi connectivity index (χ4n) is 1.64. The number of aromatic nitrogens is 1. The van der Waals surface area contributed by atoms with E-state index in [1.54, 1.807) is 0 Å². The van der Waals surface area contributed by atoms with E-state index >= 15 is 0 Å². The summed E-state index contributed by atoms with van der Waals surface area (Å²) in [6, 6.07) is 5.98. The van der Waals surface area contributed by atoms with Gasteiger partial charge >= 0.3 is 0 Å². The van der Waals surface area contributed by atoms with Gasteiger partial charge in [-0.1, -0.05) is 6.42 Å². The summed E-state index contributed by atoms with van der Waals surface area (Å²) in [5.74, 6) is 0. The minimum absolute atomic E-state index is 0.232. The van der Waals surface area contributed by atoms with Crippen LogP contribution in [-0.4, -0.2) is 10.9 Å². The number of carbonyl (C=O) groups excluding carboxylic acids is 1. The largest absolute Gasteiger partial charge is 0.345 e. The predicted molar refractivity (Wildman–Crippen MR) is 63.1 cm³/mol. The van der Waals surface area contributed by atoms with Crippen molar-refractivity contribution in [2.75, 3.05) is 0 Å². The molecular weight excluding hydrogens is 200 g/mol. The smallest absolute Gasteiger partial charge is 0.166 e. The quantitative estimate of drug-likeness (QED) is 0.544. The average molecular weight is 218 g/mol. The van der Waals surface area contributed by atoms with Crippen molar-refractivity contribution in [2.45, 2.75) is 39.7 Å². The molecule has 0 atom stereocenters. The Balaban J connectivity index is 2.32. The van der Waals surface area contributed by atoms with Crippen molar-refractivity contribution in [3.63, 3.8) is 0 Å². The van der Waals surface area contributed by atoms with Gasteiger partial charge in [0.2, 0.25) is 0 Å². The number of hydrogen-bond donors (Lipinski definition) is 0. The highest BCUT2D eigenvalue weighted by molar-refractivity contribution is 5.72. The molecule has 0 bridgehead atoms. The number of aryl methyl sites for hydroxylation is 1. The fraction of sp³-hybridized carbons (Fsp3) is 0.538. The molecule has 1 heterocycles. The maximum absolute atomic E-state index is 10.7. The van der Waals surface area contributed by atoms with Crippen molar-refractivity contribution >= 4 is 6.29 Å². The second-order valence-corrected chi connectivity index (χ2v) is 4.70. The number of unbranched alkanes of at least 4 members (excludes halogenated alkanes) is 1. The zero-order chi connectivity index (χ0) is 12.0. The molecule has 0 spiro atoms. The van der Waals surface area contributed by atoms with Crippen LogP contribution in [-0.2, 0) is 6.54 Å². The van der Waals surface area contributed by atoms with Crippen LogP contribution in [0.2, 0.25) is 0 Å². The van der Waals surface area contributed by atoms with E-state index in [4.69, 9.17) is 5.26 Å². The molecular formula is C13H18N2O. The Labute approximate surface area is 96.7 Å². The number of aldehydes is 1. The molecule has 3 heteroatoms. The van der Waals surface area contributed by atoms with Gasteiger partial charge in [0.05, 0.1) is 17.2 Å². The number of rotatable bonds is 6. The lowest BCUT2D eigenvalue weighted by Crippen LogP contribution is -2.08. The minimum Gasteiger partial charge on any atom is -0.345 e. The molecule has 3 nitrogen and oxygen atoms in total. The predicted octanol–water partition coefficient (Wildman–Crippen LogP) is 3.02. The Bertz CT molecular complexity index is 385.